The smallest absolute Gasteiger partial charge is 0.247 e. The summed E-state index contributed by atoms with van der Waals surface area (Å²) in [5, 5.41) is 1.17. The highest BCUT2D eigenvalue weighted by Gasteiger charge is 2.21. The lowest BCUT2D eigenvalue weighted by Gasteiger charge is -2.27. The summed E-state index contributed by atoms with van der Waals surface area (Å²) >= 11 is 0. The summed E-state index contributed by atoms with van der Waals surface area (Å²) in [5.41, 5.74) is 4.25. The van der Waals surface area contributed by atoms with Crippen molar-refractivity contribution in [1.82, 2.24) is 14.8 Å². The molecular weight excluding hydrogens is 474 g/mol. The van der Waals surface area contributed by atoms with E-state index in [0.29, 0.717) is 39.1 Å². The first-order chi connectivity index (χ1) is 18.6. The Labute approximate surface area is 224 Å². The molecule has 4 rings (SSSR count). The summed E-state index contributed by atoms with van der Waals surface area (Å²) in [5.74, 6) is -0.262. The maximum atomic E-state index is 13.7. The molecule has 38 heavy (non-hydrogen) atoms. The molecule has 6 nitrogen and oxygen atoms in total. The molecule has 0 radical (unpaired) electrons. The molecule has 0 aliphatic rings. The maximum absolute atomic E-state index is 13.7. The van der Waals surface area contributed by atoms with Crippen LogP contribution in [0.3, 0.4) is 0 Å². The predicted molar refractivity (Wildman–Crippen MR) is 152 cm³/mol. The number of methoxy groups -OCH3 is 1. The van der Waals surface area contributed by atoms with Crippen molar-refractivity contribution in [3.05, 3.63) is 114 Å². The molecule has 1 N–H and O–H groups in total. The van der Waals surface area contributed by atoms with Gasteiger partial charge in [0.1, 0.15) is 6.54 Å². The molecule has 2 amide bonds. The molecule has 1 heterocycles. The lowest BCUT2D eigenvalue weighted by Crippen LogP contribution is -2.43. The number of aromatic nitrogens is 1. The SMILES string of the molecule is COCCCN(CC(=O)N(CCc1c[nH]c2ccccc12)Cc1ccccc1)C(=O)/C=C/c1ccccc1. The predicted octanol–water partition coefficient (Wildman–Crippen LogP) is 5.32. The van der Waals surface area contributed by atoms with Crippen molar-refractivity contribution >= 4 is 28.8 Å². The molecular formula is C32H35N3O3. The van der Waals surface area contributed by atoms with Gasteiger partial charge in [0.25, 0.3) is 0 Å². The number of hydrogen-bond acceptors (Lipinski definition) is 3. The van der Waals surface area contributed by atoms with E-state index >= 15 is 0 Å². The molecule has 196 valence electrons. The van der Waals surface area contributed by atoms with Crippen molar-refractivity contribution in [2.75, 3.05) is 33.4 Å². The summed E-state index contributed by atoms with van der Waals surface area (Å²) in [6.45, 7) is 2.02. The van der Waals surface area contributed by atoms with Gasteiger partial charge in [-0.1, -0.05) is 78.9 Å². The molecule has 3 aromatic carbocycles. The second-order valence-electron chi connectivity index (χ2n) is 9.26. The Kier molecular flexibility index (Phi) is 9.88. The average molecular weight is 510 g/mol. The minimum absolute atomic E-state index is 0.0163. The van der Waals surface area contributed by atoms with E-state index in [1.807, 2.05) is 83.9 Å². The number of fused-ring (bicyclic) bond motifs is 1. The lowest BCUT2D eigenvalue weighted by molar-refractivity contribution is -0.138. The number of hydrogen-bond donors (Lipinski definition) is 1. The lowest BCUT2D eigenvalue weighted by atomic mass is 10.1. The van der Waals surface area contributed by atoms with Crippen molar-refractivity contribution in [2.24, 2.45) is 0 Å². The molecule has 1 aromatic heterocycles. The van der Waals surface area contributed by atoms with Crippen LogP contribution in [0.2, 0.25) is 0 Å². The number of aromatic amines is 1. The highest BCUT2D eigenvalue weighted by atomic mass is 16.5. The molecule has 0 unspecified atom stereocenters. The van der Waals surface area contributed by atoms with E-state index in [1.54, 1.807) is 24.2 Å². The van der Waals surface area contributed by atoms with Gasteiger partial charge < -0.3 is 19.5 Å². The molecule has 0 bridgehead atoms. The van der Waals surface area contributed by atoms with Crippen molar-refractivity contribution < 1.29 is 14.3 Å². The number of carbonyl (C=O) groups excluding carboxylic acids is 2. The van der Waals surface area contributed by atoms with Crippen LogP contribution >= 0.6 is 0 Å². The minimum atomic E-state index is -0.186. The van der Waals surface area contributed by atoms with Gasteiger partial charge in [-0.05, 0) is 41.7 Å². The van der Waals surface area contributed by atoms with Crippen molar-refractivity contribution in [3.8, 4) is 0 Å². The number of rotatable bonds is 13. The van der Waals surface area contributed by atoms with Gasteiger partial charge >= 0.3 is 0 Å². The zero-order valence-corrected chi connectivity index (χ0v) is 21.9. The molecule has 0 aliphatic carbocycles. The van der Waals surface area contributed by atoms with Crippen LogP contribution < -0.4 is 0 Å². The number of nitrogens with one attached hydrogen (secondary N) is 1. The normalized spacial score (nSPS) is 11.2. The van der Waals surface area contributed by atoms with Crippen LogP contribution in [0.5, 0.6) is 0 Å². The van der Waals surface area contributed by atoms with Gasteiger partial charge in [-0.15, -0.1) is 0 Å². The Morgan fingerprint density at radius 1 is 0.868 bits per heavy atom. The molecule has 0 saturated carbocycles. The van der Waals surface area contributed by atoms with Crippen LogP contribution in [0.25, 0.3) is 17.0 Å². The number of amides is 2. The minimum Gasteiger partial charge on any atom is -0.385 e. The highest BCUT2D eigenvalue weighted by molar-refractivity contribution is 5.94. The molecule has 0 aliphatic heterocycles. The first-order valence-electron chi connectivity index (χ1n) is 13.0. The van der Waals surface area contributed by atoms with Gasteiger partial charge in [0.05, 0.1) is 0 Å². The Hall–Kier alpha value is -4.16. The van der Waals surface area contributed by atoms with E-state index in [0.717, 1.165) is 16.6 Å². The average Bonchev–Trinajstić information content (AvgIpc) is 3.37. The Bertz CT molecular complexity index is 1330. The standard InChI is InChI=1S/C32H35N3O3/c1-38-22-10-20-34(31(36)18-17-26-11-4-2-5-12-26)25-32(37)35(24-27-13-6-3-7-14-27)21-19-28-23-33-30-16-9-8-15-29(28)30/h2-9,11-18,23,33H,10,19-22,24-25H2,1H3/b18-17+. The first kappa shape index (κ1) is 26.9. The molecule has 0 atom stereocenters. The summed E-state index contributed by atoms with van der Waals surface area (Å²) < 4.78 is 5.19. The molecule has 0 spiro atoms. The van der Waals surface area contributed by atoms with Gasteiger partial charge in [0.2, 0.25) is 11.8 Å². The summed E-state index contributed by atoms with van der Waals surface area (Å²) in [4.78, 5) is 33.6. The number of benzene rings is 3. The molecule has 0 saturated heterocycles. The largest absolute Gasteiger partial charge is 0.385 e. The first-order valence-corrected chi connectivity index (χ1v) is 13.0. The van der Waals surface area contributed by atoms with E-state index < -0.39 is 0 Å². The third-order valence-corrected chi connectivity index (χ3v) is 6.53. The second-order valence-corrected chi connectivity index (χ2v) is 9.26. The van der Waals surface area contributed by atoms with E-state index in [2.05, 4.69) is 17.1 Å². The zero-order valence-electron chi connectivity index (χ0n) is 21.9. The number of carbonyl (C=O) groups is 2. The summed E-state index contributed by atoms with van der Waals surface area (Å²) in [6.07, 6.45) is 6.72. The fourth-order valence-corrected chi connectivity index (χ4v) is 4.46. The van der Waals surface area contributed by atoms with Crippen LogP contribution in [0, 0.1) is 0 Å². The zero-order chi connectivity index (χ0) is 26.6. The van der Waals surface area contributed by atoms with E-state index in [-0.39, 0.29) is 18.4 Å². The number of para-hydroxylation sites is 1. The van der Waals surface area contributed by atoms with Crippen LogP contribution in [0.15, 0.2) is 97.2 Å². The second kappa shape index (κ2) is 14.0. The van der Waals surface area contributed by atoms with Crippen molar-refractivity contribution in [3.63, 3.8) is 0 Å². The quantitative estimate of drug-likeness (QED) is 0.196. The fraction of sp³-hybridized carbons (Fsp3) is 0.250. The fourth-order valence-electron chi connectivity index (χ4n) is 4.46. The Balaban J connectivity index is 1.49. The number of nitrogens with zero attached hydrogens (tertiary/aromatic N) is 2. The number of H-pyrrole nitrogens is 1. The van der Waals surface area contributed by atoms with Crippen LogP contribution in [-0.2, 0) is 27.3 Å². The van der Waals surface area contributed by atoms with Crippen molar-refractivity contribution in [1.29, 1.82) is 0 Å². The Morgan fingerprint density at radius 3 is 2.34 bits per heavy atom. The van der Waals surface area contributed by atoms with Crippen LogP contribution in [0.1, 0.15) is 23.1 Å². The summed E-state index contributed by atoms with van der Waals surface area (Å²) in [6, 6.07) is 27.8. The third kappa shape index (κ3) is 7.67. The maximum Gasteiger partial charge on any atom is 0.247 e. The summed E-state index contributed by atoms with van der Waals surface area (Å²) in [7, 11) is 1.64. The van der Waals surface area contributed by atoms with Gasteiger partial charge in [0, 0.05) is 56.5 Å². The van der Waals surface area contributed by atoms with Gasteiger partial charge in [-0.3, -0.25) is 9.59 Å². The topological polar surface area (TPSA) is 65.6 Å². The van der Waals surface area contributed by atoms with E-state index in [1.165, 1.54) is 10.9 Å². The van der Waals surface area contributed by atoms with E-state index in [4.69, 9.17) is 4.74 Å². The number of ether oxygens (including phenoxy) is 1. The van der Waals surface area contributed by atoms with Crippen molar-refractivity contribution in [2.45, 2.75) is 19.4 Å². The highest BCUT2D eigenvalue weighted by Crippen LogP contribution is 2.19. The van der Waals surface area contributed by atoms with Gasteiger partial charge in [-0.25, -0.2) is 0 Å². The monoisotopic (exact) mass is 509 g/mol. The van der Waals surface area contributed by atoms with Gasteiger partial charge in [0.15, 0.2) is 0 Å². The Morgan fingerprint density at radius 2 is 1.58 bits per heavy atom. The third-order valence-electron chi connectivity index (χ3n) is 6.53. The van der Waals surface area contributed by atoms with Crippen LogP contribution in [0.4, 0.5) is 0 Å². The molecule has 4 aromatic rings. The van der Waals surface area contributed by atoms with Gasteiger partial charge in [-0.2, -0.15) is 0 Å². The molecule has 6 heteroatoms. The van der Waals surface area contributed by atoms with E-state index in [9.17, 15) is 9.59 Å². The van der Waals surface area contributed by atoms with Crippen LogP contribution in [-0.4, -0.2) is 59.9 Å². The molecule has 0 fully saturated rings.